The molecule has 1 N–H and O–H groups in total. The van der Waals surface area contributed by atoms with Gasteiger partial charge in [-0.1, -0.05) is 0 Å². The Labute approximate surface area is 63.2 Å². The average Bonchev–Trinajstić information content (AvgIpc) is 2.04. The van der Waals surface area contributed by atoms with E-state index in [-0.39, 0.29) is 5.82 Å². The van der Waals surface area contributed by atoms with Gasteiger partial charge >= 0.3 is 0 Å². The van der Waals surface area contributed by atoms with Gasteiger partial charge in [0.25, 0.3) is 0 Å². The van der Waals surface area contributed by atoms with Crippen LogP contribution in [0.5, 0.6) is 0 Å². The van der Waals surface area contributed by atoms with E-state index in [1.54, 1.807) is 0 Å². The summed E-state index contributed by atoms with van der Waals surface area (Å²) in [6.07, 6.45) is 2.83. The molecular formula is C7H7FN2O. The van der Waals surface area contributed by atoms with Crippen molar-refractivity contribution in [2.75, 3.05) is 0 Å². The fourth-order valence-electron chi connectivity index (χ4n) is 0.662. The lowest BCUT2D eigenvalue weighted by Crippen LogP contribution is -1.90. The van der Waals surface area contributed by atoms with Crippen molar-refractivity contribution in [3.8, 4) is 0 Å². The number of nitrogens with zero attached hydrogens (tertiary/aromatic N) is 2. The molecule has 0 unspecified atom stereocenters. The molecule has 0 aliphatic rings. The Morgan fingerprint density at radius 3 is 3.00 bits per heavy atom. The number of pyridine rings is 1. The minimum Gasteiger partial charge on any atom is -0.411 e. The molecule has 1 aromatic rings. The van der Waals surface area contributed by atoms with E-state index in [9.17, 15) is 4.39 Å². The van der Waals surface area contributed by atoms with Gasteiger partial charge in [0.15, 0.2) is 0 Å². The Bertz CT molecular complexity index is 245. The summed E-state index contributed by atoms with van der Waals surface area (Å²) in [5, 5.41) is 10.8. The zero-order chi connectivity index (χ0) is 8.10. The molecular weight excluding hydrogens is 147 g/mol. The summed E-state index contributed by atoms with van der Waals surface area (Å²) in [5.74, 6) is -0.366. The summed E-state index contributed by atoms with van der Waals surface area (Å²) in [4.78, 5) is 3.74. The molecule has 1 aromatic heterocycles. The molecule has 0 aromatic carbocycles. The van der Waals surface area contributed by atoms with Crippen molar-refractivity contribution in [3.63, 3.8) is 0 Å². The number of aromatic nitrogens is 1. The SMILES string of the molecule is O/N=C/Cc1ccc(F)cn1. The number of rotatable bonds is 2. The zero-order valence-corrected chi connectivity index (χ0v) is 5.74. The topological polar surface area (TPSA) is 45.5 Å². The second kappa shape index (κ2) is 3.65. The Hall–Kier alpha value is -1.45. The molecule has 0 spiro atoms. The molecule has 11 heavy (non-hydrogen) atoms. The van der Waals surface area contributed by atoms with Crippen molar-refractivity contribution in [2.24, 2.45) is 5.16 Å². The van der Waals surface area contributed by atoms with E-state index >= 15 is 0 Å². The maximum absolute atomic E-state index is 12.3. The summed E-state index contributed by atoms with van der Waals surface area (Å²) in [6, 6.07) is 2.85. The van der Waals surface area contributed by atoms with Gasteiger partial charge in [0, 0.05) is 18.3 Å². The fraction of sp³-hybridized carbons (Fsp3) is 0.143. The normalized spacial score (nSPS) is 10.6. The van der Waals surface area contributed by atoms with Crippen LogP contribution in [0.4, 0.5) is 4.39 Å². The van der Waals surface area contributed by atoms with Crippen molar-refractivity contribution < 1.29 is 9.60 Å². The van der Waals surface area contributed by atoms with Crippen LogP contribution in [0.15, 0.2) is 23.5 Å². The molecule has 0 bridgehead atoms. The molecule has 0 fully saturated rings. The minimum absolute atomic E-state index is 0.366. The van der Waals surface area contributed by atoms with Crippen LogP contribution in [-0.4, -0.2) is 16.4 Å². The fourth-order valence-corrected chi connectivity index (χ4v) is 0.662. The smallest absolute Gasteiger partial charge is 0.141 e. The minimum atomic E-state index is -0.366. The average molecular weight is 154 g/mol. The van der Waals surface area contributed by atoms with Crippen molar-refractivity contribution >= 4 is 6.21 Å². The van der Waals surface area contributed by atoms with Gasteiger partial charge in [-0.25, -0.2) is 4.39 Å². The van der Waals surface area contributed by atoms with Crippen LogP contribution in [0.2, 0.25) is 0 Å². The van der Waals surface area contributed by atoms with Gasteiger partial charge in [-0.05, 0) is 12.1 Å². The summed E-state index contributed by atoms with van der Waals surface area (Å²) >= 11 is 0. The van der Waals surface area contributed by atoms with Crippen molar-refractivity contribution in [2.45, 2.75) is 6.42 Å². The highest BCUT2D eigenvalue weighted by Crippen LogP contribution is 1.97. The van der Waals surface area contributed by atoms with Crippen molar-refractivity contribution in [1.29, 1.82) is 0 Å². The standard InChI is InChI=1S/C7H7FN2O/c8-6-1-2-7(9-5-6)3-4-10-11/h1-2,4-5,11H,3H2/b10-4+. The lowest BCUT2D eigenvalue weighted by atomic mass is 10.3. The van der Waals surface area contributed by atoms with Crippen molar-refractivity contribution in [1.82, 2.24) is 4.98 Å². The highest BCUT2D eigenvalue weighted by molar-refractivity contribution is 5.59. The summed E-state index contributed by atoms with van der Waals surface area (Å²) in [7, 11) is 0. The van der Waals surface area contributed by atoms with E-state index in [4.69, 9.17) is 5.21 Å². The number of halogens is 1. The second-order valence-electron chi connectivity index (χ2n) is 1.97. The number of oxime groups is 1. The van der Waals surface area contributed by atoms with E-state index < -0.39 is 0 Å². The predicted octanol–water partition coefficient (Wildman–Crippen LogP) is 1.22. The number of hydrogen-bond acceptors (Lipinski definition) is 3. The number of hydrogen-bond donors (Lipinski definition) is 1. The highest BCUT2D eigenvalue weighted by atomic mass is 19.1. The predicted molar refractivity (Wildman–Crippen MR) is 38.2 cm³/mol. The molecule has 4 heteroatoms. The summed E-state index contributed by atoms with van der Waals surface area (Å²) < 4.78 is 12.3. The highest BCUT2D eigenvalue weighted by Gasteiger charge is 1.91. The first-order valence-electron chi connectivity index (χ1n) is 3.09. The van der Waals surface area contributed by atoms with Gasteiger partial charge in [0.2, 0.25) is 0 Å². The van der Waals surface area contributed by atoms with E-state index in [0.29, 0.717) is 12.1 Å². The monoisotopic (exact) mass is 154 g/mol. The first-order valence-corrected chi connectivity index (χ1v) is 3.09. The van der Waals surface area contributed by atoms with Crippen LogP contribution in [0.3, 0.4) is 0 Å². The van der Waals surface area contributed by atoms with Crippen LogP contribution < -0.4 is 0 Å². The molecule has 0 amide bonds. The molecule has 0 aliphatic heterocycles. The molecule has 1 heterocycles. The van der Waals surface area contributed by atoms with E-state index in [1.807, 2.05) is 0 Å². The summed E-state index contributed by atoms with van der Waals surface area (Å²) in [6.45, 7) is 0. The van der Waals surface area contributed by atoms with Crippen LogP contribution in [0.25, 0.3) is 0 Å². The third-order valence-electron chi connectivity index (χ3n) is 1.17. The molecule has 0 aliphatic carbocycles. The third kappa shape index (κ3) is 2.33. The maximum atomic E-state index is 12.3. The van der Waals surface area contributed by atoms with Gasteiger partial charge in [0.1, 0.15) is 5.82 Å². The molecule has 0 saturated carbocycles. The van der Waals surface area contributed by atoms with Crippen LogP contribution >= 0.6 is 0 Å². The first-order chi connectivity index (χ1) is 5.33. The quantitative estimate of drug-likeness (QED) is 0.395. The largest absolute Gasteiger partial charge is 0.411 e. The molecule has 0 saturated heterocycles. The molecule has 1 rings (SSSR count). The molecule has 0 radical (unpaired) electrons. The van der Waals surface area contributed by atoms with Gasteiger partial charge < -0.3 is 5.21 Å². The maximum Gasteiger partial charge on any atom is 0.141 e. The van der Waals surface area contributed by atoms with Gasteiger partial charge in [-0.15, -0.1) is 5.16 Å². The van der Waals surface area contributed by atoms with Gasteiger partial charge in [0.05, 0.1) is 6.20 Å². The van der Waals surface area contributed by atoms with Crippen LogP contribution in [0.1, 0.15) is 5.69 Å². The lowest BCUT2D eigenvalue weighted by Gasteiger charge is -1.92. The summed E-state index contributed by atoms with van der Waals surface area (Å²) in [5.41, 5.74) is 0.671. The molecule has 3 nitrogen and oxygen atoms in total. The van der Waals surface area contributed by atoms with Crippen LogP contribution in [0, 0.1) is 5.82 Å². The van der Waals surface area contributed by atoms with Crippen LogP contribution in [-0.2, 0) is 6.42 Å². The van der Waals surface area contributed by atoms with E-state index in [1.165, 1.54) is 18.3 Å². The Morgan fingerprint density at radius 2 is 2.45 bits per heavy atom. The Morgan fingerprint density at radius 1 is 1.64 bits per heavy atom. The lowest BCUT2D eigenvalue weighted by molar-refractivity contribution is 0.320. The van der Waals surface area contributed by atoms with Gasteiger partial charge in [-0.2, -0.15) is 0 Å². The van der Waals surface area contributed by atoms with Crippen molar-refractivity contribution in [3.05, 3.63) is 29.8 Å². The van der Waals surface area contributed by atoms with Gasteiger partial charge in [-0.3, -0.25) is 4.98 Å². The third-order valence-corrected chi connectivity index (χ3v) is 1.17. The second-order valence-corrected chi connectivity index (χ2v) is 1.97. The zero-order valence-electron chi connectivity index (χ0n) is 5.74. The van der Waals surface area contributed by atoms with E-state index in [0.717, 1.165) is 6.20 Å². The Balaban J connectivity index is 2.66. The first kappa shape index (κ1) is 7.65. The molecule has 0 atom stereocenters. The Kier molecular flexibility index (Phi) is 2.54. The molecule has 58 valence electrons. The van der Waals surface area contributed by atoms with E-state index in [2.05, 4.69) is 10.1 Å².